The Balaban J connectivity index is 2.57. The molecule has 0 saturated heterocycles. The summed E-state index contributed by atoms with van der Waals surface area (Å²) in [4.78, 5) is 13.3. The summed E-state index contributed by atoms with van der Waals surface area (Å²) in [5.41, 5.74) is 0. The highest BCUT2D eigenvalue weighted by atomic mass is 15.0. The lowest BCUT2D eigenvalue weighted by molar-refractivity contribution is 0.641. The third kappa shape index (κ3) is 4.25. The molecule has 90 valence electrons. The molecular weight excluding hydrogens is 198 g/mol. The minimum atomic E-state index is 0.900. The van der Waals surface area contributed by atoms with Crippen molar-refractivity contribution in [3.8, 4) is 0 Å². The first kappa shape index (κ1) is 13.1. The molecule has 0 N–H and O–H groups in total. The molecule has 3 nitrogen and oxygen atoms in total. The van der Waals surface area contributed by atoms with Crippen LogP contribution in [0.4, 0.5) is 0 Å². The fourth-order valence-corrected chi connectivity index (χ4v) is 1.66. The Morgan fingerprint density at radius 3 is 1.75 bits per heavy atom. The van der Waals surface area contributed by atoms with Crippen LogP contribution in [0.15, 0.2) is 0 Å². The summed E-state index contributed by atoms with van der Waals surface area (Å²) >= 11 is 0. The lowest BCUT2D eigenvalue weighted by atomic mass is 10.1. The summed E-state index contributed by atoms with van der Waals surface area (Å²) in [6.45, 7) is 6.42. The Morgan fingerprint density at radius 1 is 0.688 bits per heavy atom. The van der Waals surface area contributed by atoms with E-state index in [4.69, 9.17) is 0 Å². The summed E-state index contributed by atoms with van der Waals surface area (Å²) in [6, 6.07) is 0. The van der Waals surface area contributed by atoms with Crippen LogP contribution in [0.2, 0.25) is 0 Å². The summed E-state index contributed by atoms with van der Waals surface area (Å²) in [5.74, 6) is 2.87. The maximum absolute atomic E-state index is 4.48. The van der Waals surface area contributed by atoms with E-state index in [0.29, 0.717) is 0 Å². The highest BCUT2D eigenvalue weighted by molar-refractivity contribution is 4.97. The van der Waals surface area contributed by atoms with Gasteiger partial charge in [0.05, 0.1) is 0 Å². The van der Waals surface area contributed by atoms with Crippen LogP contribution in [0.5, 0.6) is 0 Å². The van der Waals surface area contributed by atoms with Crippen LogP contribution in [0.25, 0.3) is 0 Å². The van der Waals surface area contributed by atoms with Crippen LogP contribution in [0.3, 0.4) is 0 Å². The lowest BCUT2D eigenvalue weighted by Gasteiger charge is -2.04. The number of hydrogen-bond acceptors (Lipinski definition) is 3. The minimum absolute atomic E-state index is 0.900. The molecule has 0 aliphatic heterocycles. The molecule has 0 aliphatic rings. The van der Waals surface area contributed by atoms with Crippen molar-refractivity contribution < 1.29 is 0 Å². The third-order valence-corrected chi connectivity index (χ3v) is 2.66. The van der Waals surface area contributed by atoms with Gasteiger partial charge in [0.1, 0.15) is 17.5 Å². The Hall–Kier alpha value is -0.990. The van der Waals surface area contributed by atoms with Gasteiger partial charge >= 0.3 is 0 Å². The average Bonchev–Trinajstić information content (AvgIpc) is 2.34. The van der Waals surface area contributed by atoms with Crippen molar-refractivity contribution in [2.45, 2.75) is 65.7 Å². The first-order chi connectivity index (χ1) is 7.80. The number of hydrogen-bond donors (Lipinski definition) is 0. The maximum atomic E-state index is 4.48. The quantitative estimate of drug-likeness (QED) is 0.664. The molecule has 1 aromatic rings. The van der Waals surface area contributed by atoms with Crippen molar-refractivity contribution in [3.63, 3.8) is 0 Å². The van der Waals surface area contributed by atoms with Crippen LogP contribution in [0, 0.1) is 0 Å². The van der Waals surface area contributed by atoms with Crippen molar-refractivity contribution in [3.05, 3.63) is 17.5 Å². The van der Waals surface area contributed by atoms with Gasteiger partial charge in [-0.15, -0.1) is 0 Å². The first-order valence-corrected chi connectivity index (χ1v) is 6.52. The molecule has 0 saturated carbocycles. The van der Waals surface area contributed by atoms with E-state index in [-0.39, 0.29) is 0 Å². The molecule has 1 aromatic heterocycles. The monoisotopic (exact) mass is 221 g/mol. The molecule has 0 bridgehead atoms. The average molecular weight is 221 g/mol. The van der Waals surface area contributed by atoms with E-state index in [1.54, 1.807) is 0 Å². The van der Waals surface area contributed by atoms with Crippen LogP contribution < -0.4 is 0 Å². The van der Waals surface area contributed by atoms with Gasteiger partial charge in [0.15, 0.2) is 0 Å². The van der Waals surface area contributed by atoms with Gasteiger partial charge in [-0.1, -0.05) is 40.0 Å². The fourth-order valence-electron chi connectivity index (χ4n) is 1.66. The van der Waals surface area contributed by atoms with E-state index in [1.807, 2.05) is 0 Å². The Morgan fingerprint density at radius 2 is 1.25 bits per heavy atom. The third-order valence-electron chi connectivity index (χ3n) is 2.66. The van der Waals surface area contributed by atoms with E-state index in [1.165, 1.54) is 25.7 Å². The SMILES string of the molecule is CCCCCCc1nc(CC)nc(CC)n1. The van der Waals surface area contributed by atoms with Gasteiger partial charge in [-0.05, 0) is 6.42 Å². The molecule has 0 atom stereocenters. The van der Waals surface area contributed by atoms with Crippen LogP contribution in [-0.4, -0.2) is 15.0 Å². The Kier molecular flexibility index (Phi) is 5.98. The molecule has 3 heteroatoms. The van der Waals surface area contributed by atoms with Crippen LogP contribution >= 0.6 is 0 Å². The second kappa shape index (κ2) is 7.31. The minimum Gasteiger partial charge on any atom is -0.218 e. The number of aromatic nitrogens is 3. The van der Waals surface area contributed by atoms with Crippen molar-refractivity contribution in [2.75, 3.05) is 0 Å². The second-order valence-electron chi connectivity index (χ2n) is 4.10. The molecule has 0 spiro atoms. The zero-order valence-corrected chi connectivity index (χ0v) is 10.8. The maximum Gasteiger partial charge on any atom is 0.132 e. The standard InChI is InChI=1S/C13H23N3/c1-4-7-8-9-10-13-15-11(5-2)14-12(6-3)16-13/h4-10H2,1-3H3. The number of nitrogens with zero attached hydrogens (tertiary/aromatic N) is 3. The van der Waals surface area contributed by atoms with E-state index in [9.17, 15) is 0 Å². The van der Waals surface area contributed by atoms with E-state index in [0.717, 1.165) is 36.7 Å². The van der Waals surface area contributed by atoms with Gasteiger partial charge in [0.2, 0.25) is 0 Å². The zero-order valence-electron chi connectivity index (χ0n) is 10.8. The van der Waals surface area contributed by atoms with Crippen molar-refractivity contribution in [1.29, 1.82) is 0 Å². The largest absolute Gasteiger partial charge is 0.218 e. The normalized spacial score (nSPS) is 10.7. The zero-order chi connectivity index (χ0) is 11.8. The molecule has 0 radical (unpaired) electrons. The smallest absolute Gasteiger partial charge is 0.132 e. The van der Waals surface area contributed by atoms with Crippen LogP contribution in [-0.2, 0) is 19.3 Å². The lowest BCUT2D eigenvalue weighted by Crippen LogP contribution is -2.06. The molecule has 0 unspecified atom stereocenters. The van der Waals surface area contributed by atoms with E-state index < -0.39 is 0 Å². The van der Waals surface area contributed by atoms with E-state index in [2.05, 4.69) is 35.7 Å². The number of unbranched alkanes of at least 4 members (excludes halogenated alkanes) is 3. The van der Waals surface area contributed by atoms with Gasteiger partial charge in [-0.2, -0.15) is 0 Å². The summed E-state index contributed by atoms with van der Waals surface area (Å²) in [7, 11) is 0. The predicted octanol–water partition coefficient (Wildman–Crippen LogP) is 3.12. The van der Waals surface area contributed by atoms with Crippen molar-refractivity contribution in [1.82, 2.24) is 15.0 Å². The molecule has 0 aromatic carbocycles. The summed E-state index contributed by atoms with van der Waals surface area (Å²) in [6.07, 6.45) is 7.87. The van der Waals surface area contributed by atoms with Crippen LogP contribution in [0.1, 0.15) is 63.9 Å². The second-order valence-corrected chi connectivity index (χ2v) is 4.10. The number of aryl methyl sites for hydroxylation is 3. The van der Waals surface area contributed by atoms with Gasteiger partial charge in [-0.3, -0.25) is 0 Å². The van der Waals surface area contributed by atoms with Gasteiger partial charge in [-0.25, -0.2) is 15.0 Å². The Bertz CT molecular complexity index is 288. The predicted molar refractivity (Wildman–Crippen MR) is 66.4 cm³/mol. The first-order valence-electron chi connectivity index (χ1n) is 6.52. The Labute approximate surface area is 98.7 Å². The summed E-state index contributed by atoms with van der Waals surface area (Å²) in [5, 5.41) is 0. The van der Waals surface area contributed by atoms with Gasteiger partial charge in [0, 0.05) is 19.3 Å². The molecule has 16 heavy (non-hydrogen) atoms. The highest BCUT2D eigenvalue weighted by Crippen LogP contribution is 2.05. The molecule has 0 aliphatic carbocycles. The fraction of sp³-hybridized carbons (Fsp3) is 0.769. The molecule has 0 fully saturated rings. The number of rotatable bonds is 7. The topological polar surface area (TPSA) is 38.7 Å². The van der Waals surface area contributed by atoms with Gasteiger partial charge in [0.25, 0.3) is 0 Å². The molecule has 0 amide bonds. The van der Waals surface area contributed by atoms with Crippen molar-refractivity contribution in [2.24, 2.45) is 0 Å². The van der Waals surface area contributed by atoms with Crippen molar-refractivity contribution >= 4 is 0 Å². The highest BCUT2D eigenvalue weighted by Gasteiger charge is 2.03. The van der Waals surface area contributed by atoms with Gasteiger partial charge < -0.3 is 0 Å². The summed E-state index contributed by atoms with van der Waals surface area (Å²) < 4.78 is 0. The molecule has 1 rings (SSSR count). The van der Waals surface area contributed by atoms with E-state index >= 15 is 0 Å². The molecular formula is C13H23N3. The molecule has 1 heterocycles.